The van der Waals surface area contributed by atoms with Crippen LogP contribution in [0.3, 0.4) is 0 Å². The van der Waals surface area contributed by atoms with Crippen LogP contribution >= 0.6 is 0 Å². The van der Waals surface area contributed by atoms with Crippen LogP contribution in [0, 0.1) is 0 Å². The normalized spacial score (nSPS) is 23.7. The lowest BCUT2D eigenvalue weighted by atomic mass is 9.98. The highest BCUT2D eigenvalue weighted by Crippen LogP contribution is 2.39. The third kappa shape index (κ3) is 9.07. The summed E-state index contributed by atoms with van der Waals surface area (Å²) in [5, 5.41) is 15.3. The number of likely N-dealkylation sites (tertiary alicyclic amines) is 1. The molecule has 0 aliphatic carbocycles. The molecule has 0 saturated carbocycles. The van der Waals surface area contributed by atoms with Crippen molar-refractivity contribution >= 4 is 17.5 Å². The third-order valence-corrected chi connectivity index (χ3v) is 8.41. The van der Waals surface area contributed by atoms with E-state index >= 15 is 0 Å². The van der Waals surface area contributed by atoms with Crippen LogP contribution in [-0.2, 0) is 35.1 Å². The Kier molecular flexibility index (Phi) is 11.2. The van der Waals surface area contributed by atoms with Gasteiger partial charge in [-0.1, -0.05) is 42.8 Å². The number of nitrogens with one attached hydrogen (secondary N) is 2. The number of aliphatic hydroxyl groups is 1. The summed E-state index contributed by atoms with van der Waals surface area (Å²) in [6.45, 7) is 6.02. The molecule has 3 atom stereocenters. The van der Waals surface area contributed by atoms with E-state index in [2.05, 4.69) is 15.5 Å². The van der Waals surface area contributed by atoms with Gasteiger partial charge in [-0.15, -0.1) is 0 Å². The molecule has 3 N–H and O–H groups in total. The number of carbonyl (C=O) groups excluding carboxylic acids is 2. The molecule has 0 bridgehead atoms. The zero-order valence-corrected chi connectivity index (χ0v) is 25.1. The van der Waals surface area contributed by atoms with Crippen LogP contribution in [0.15, 0.2) is 48.5 Å². The number of anilines is 1. The first-order valence-electron chi connectivity index (χ1n) is 15.6. The standard InChI is InChI=1S/C33H45N3O7/c1-24(38)34-15-4-2-3-8-31(39)35-28-7-5-6-27(20-28)32-42-29(21-30(43-32)26-11-9-25(23-37)10-12-26)22-36-16-13-33(14-17-36)40-18-19-41-33/h5-7,9-12,20,29-30,32,37H,2-4,8,13-19,21-23H2,1H3,(H,34,38)(H,35,39)/t29-,30+,32+/m1/s1. The number of piperidine rings is 1. The number of aliphatic hydroxyl groups excluding tert-OH is 1. The number of ether oxygens (including phenoxy) is 4. The lowest BCUT2D eigenvalue weighted by Gasteiger charge is -2.41. The van der Waals surface area contributed by atoms with E-state index in [1.807, 2.05) is 48.5 Å². The van der Waals surface area contributed by atoms with Gasteiger partial charge in [-0.25, -0.2) is 0 Å². The van der Waals surface area contributed by atoms with Crippen LogP contribution in [0.2, 0.25) is 0 Å². The van der Waals surface area contributed by atoms with Crippen LogP contribution in [-0.4, -0.2) is 73.1 Å². The zero-order chi connectivity index (χ0) is 30.1. The second-order valence-corrected chi connectivity index (χ2v) is 11.7. The fourth-order valence-corrected chi connectivity index (χ4v) is 6.02. The number of hydrogen-bond donors (Lipinski definition) is 3. The molecule has 3 fully saturated rings. The van der Waals surface area contributed by atoms with Crippen LogP contribution in [0.5, 0.6) is 0 Å². The van der Waals surface area contributed by atoms with Crippen molar-refractivity contribution in [3.8, 4) is 0 Å². The van der Waals surface area contributed by atoms with Crippen LogP contribution < -0.4 is 10.6 Å². The van der Waals surface area contributed by atoms with Gasteiger partial charge in [-0.3, -0.25) is 9.59 Å². The quantitative estimate of drug-likeness (QED) is 0.313. The van der Waals surface area contributed by atoms with E-state index < -0.39 is 12.1 Å². The second kappa shape index (κ2) is 15.2. The number of carbonyl (C=O) groups is 2. The van der Waals surface area contributed by atoms with E-state index in [4.69, 9.17) is 18.9 Å². The highest BCUT2D eigenvalue weighted by Gasteiger charge is 2.41. The molecular weight excluding hydrogens is 550 g/mol. The van der Waals surface area contributed by atoms with Gasteiger partial charge in [-0.05, 0) is 36.1 Å². The highest BCUT2D eigenvalue weighted by molar-refractivity contribution is 5.90. The Morgan fingerprint density at radius 2 is 1.74 bits per heavy atom. The molecule has 2 aromatic rings. The topological polar surface area (TPSA) is 119 Å². The van der Waals surface area contributed by atoms with Crippen molar-refractivity contribution in [2.45, 2.75) is 82.8 Å². The molecule has 3 saturated heterocycles. The fourth-order valence-electron chi connectivity index (χ4n) is 6.02. The van der Waals surface area contributed by atoms with Crippen LogP contribution in [0.1, 0.15) is 81.0 Å². The number of amides is 2. The van der Waals surface area contributed by atoms with Gasteiger partial charge in [0.05, 0.1) is 32.0 Å². The summed E-state index contributed by atoms with van der Waals surface area (Å²) in [5.74, 6) is -0.487. The Morgan fingerprint density at radius 1 is 0.977 bits per heavy atom. The maximum atomic E-state index is 12.6. The van der Waals surface area contributed by atoms with Gasteiger partial charge in [0.15, 0.2) is 12.1 Å². The Bertz CT molecular complexity index is 1190. The zero-order valence-electron chi connectivity index (χ0n) is 25.1. The number of nitrogens with zero attached hydrogens (tertiary/aromatic N) is 1. The van der Waals surface area contributed by atoms with Gasteiger partial charge in [0.25, 0.3) is 0 Å². The van der Waals surface area contributed by atoms with Gasteiger partial charge in [0, 0.05) is 70.0 Å². The lowest BCUT2D eigenvalue weighted by Crippen LogP contribution is -2.48. The summed E-state index contributed by atoms with van der Waals surface area (Å²) in [6.07, 6.45) is 4.48. The molecular formula is C33H45N3O7. The minimum Gasteiger partial charge on any atom is -0.392 e. The first-order chi connectivity index (χ1) is 20.9. The summed E-state index contributed by atoms with van der Waals surface area (Å²) in [6, 6.07) is 15.6. The first-order valence-corrected chi connectivity index (χ1v) is 15.6. The van der Waals surface area contributed by atoms with Gasteiger partial charge < -0.3 is 39.6 Å². The van der Waals surface area contributed by atoms with Crippen molar-refractivity contribution in [2.75, 3.05) is 44.7 Å². The summed E-state index contributed by atoms with van der Waals surface area (Å²) >= 11 is 0. The Balaban J connectivity index is 1.21. The molecule has 10 nitrogen and oxygen atoms in total. The van der Waals surface area contributed by atoms with E-state index in [0.717, 1.165) is 68.4 Å². The predicted molar refractivity (Wildman–Crippen MR) is 161 cm³/mol. The van der Waals surface area contributed by atoms with Crippen molar-refractivity contribution in [1.29, 1.82) is 0 Å². The summed E-state index contributed by atoms with van der Waals surface area (Å²) < 4.78 is 24.9. The van der Waals surface area contributed by atoms with Gasteiger partial charge in [0.2, 0.25) is 11.8 Å². The van der Waals surface area contributed by atoms with Gasteiger partial charge in [0.1, 0.15) is 0 Å². The molecule has 10 heteroatoms. The smallest absolute Gasteiger partial charge is 0.224 e. The molecule has 2 aromatic carbocycles. The van der Waals surface area contributed by atoms with Crippen LogP contribution in [0.25, 0.3) is 0 Å². The molecule has 1 spiro atoms. The molecule has 0 radical (unpaired) electrons. The Hall–Kier alpha value is -2.86. The Labute approximate surface area is 254 Å². The molecule has 2 amide bonds. The van der Waals surface area contributed by atoms with Crippen LogP contribution in [0.4, 0.5) is 5.69 Å². The van der Waals surface area contributed by atoms with Gasteiger partial charge in [-0.2, -0.15) is 0 Å². The molecule has 3 aliphatic rings. The molecule has 0 unspecified atom stereocenters. The maximum Gasteiger partial charge on any atom is 0.224 e. The third-order valence-electron chi connectivity index (χ3n) is 8.41. The predicted octanol–water partition coefficient (Wildman–Crippen LogP) is 4.20. The van der Waals surface area contributed by atoms with E-state index in [1.54, 1.807) is 0 Å². The first kappa shape index (κ1) is 31.6. The van der Waals surface area contributed by atoms with E-state index in [-0.39, 0.29) is 30.6 Å². The molecule has 5 rings (SSSR count). The minimum absolute atomic E-state index is 0.000367. The summed E-state index contributed by atoms with van der Waals surface area (Å²) in [5.41, 5.74) is 3.46. The SMILES string of the molecule is CC(=O)NCCCCCC(=O)Nc1cccc([C@H]2O[C@@H](CN3CCC4(CC3)OCCO4)C[C@@H](c3ccc(CO)cc3)O2)c1. The average molecular weight is 596 g/mol. The number of unbranched alkanes of at least 4 members (excludes halogenated alkanes) is 2. The average Bonchev–Trinajstić information content (AvgIpc) is 3.48. The Morgan fingerprint density at radius 3 is 2.47 bits per heavy atom. The van der Waals surface area contributed by atoms with E-state index in [1.165, 1.54) is 6.92 Å². The molecule has 3 aliphatic heterocycles. The molecule has 3 heterocycles. The van der Waals surface area contributed by atoms with E-state index in [0.29, 0.717) is 38.3 Å². The van der Waals surface area contributed by atoms with Crippen molar-refractivity contribution in [3.05, 3.63) is 65.2 Å². The maximum absolute atomic E-state index is 12.6. The van der Waals surface area contributed by atoms with Crippen molar-refractivity contribution < 1.29 is 33.6 Å². The van der Waals surface area contributed by atoms with E-state index in [9.17, 15) is 14.7 Å². The van der Waals surface area contributed by atoms with Gasteiger partial charge >= 0.3 is 0 Å². The largest absolute Gasteiger partial charge is 0.392 e. The summed E-state index contributed by atoms with van der Waals surface area (Å²) in [7, 11) is 0. The number of hydrogen-bond acceptors (Lipinski definition) is 8. The fraction of sp³-hybridized carbons (Fsp3) is 0.576. The number of benzene rings is 2. The molecule has 0 aromatic heterocycles. The second-order valence-electron chi connectivity index (χ2n) is 11.7. The summed E-state index contributed by atoms with van der Waals surface area (Å²) in [4.78, 5) is 26.0. The highest BCUT2D eigenvalue weighted by atomic mass is 16.7. The van der Waals surface area contributed by atoms with Crippen molar-refractivity contribution in [2.24, 2.45) is 0 Å². The molecule has 43 heavy (non-hydrogen) atoms. The lowest BCUT2D eigenvalue weighted by molar-refractivity contribution is -0.255. The number of rotatable bonds is 12. The van der Waals surface area contributed by atoms with Crippen molar-refractivity contribution in [3.63, 3.8) is 0 Å². The molecule has 234 valence electrons. The monoisotopic (exact) mass is 595 g/mol. The minimum atomic E-state index is -0.593. The van der Waals surface area contributed by atoms with Crippen molar-refractivity contribution in [1.82, 2.24) is 10.2 Å².